The summed E-state index contributed by atoms with van der Waals surface area (Å²) in [6, 6.07) is 12.4. The number of benzene rings is 2. The Morgan fingerprint density at radius 3 is 2.48 bits per heavy atom. The molecule has 4 rings (SSSR count). The lowest BCUT2D eigenvalue weighted by Crippen LogP contribution is -2.33. The fourth-order valence-electron chi connectivity index (χ4n) is 3.48. The van der Waals surface area contributed by atoms with E-state index in [1.807, 2.05) is 44.4 Å². The van der Waals surface area contributed by atoms with Gasteiger partial charge in [-0.15, -0.1) is 11.3 Å². The second-order valence-electron chi connectivity index (χ2n) is 7.68. The summed E-state index contributed by atoms with van der Waals surface area (Å²) in [5.74, 6) is 0.0504. The van der Waals surface area contributed by atoms with Crippen molar-refractivity contribution in [3.05, 3.63) is 59.0 Å². The Kier molecular flexibility index (Phi) is 4.51. The van der Waals surface area contributed by atoms with Gasteiger partial charge in [0.2, 0.25) is 5.91 Å². The summed E-state index contributed by atoms with van der Waals surface area (Å²) in [5, 5.41) is 2.11. The van der Waals surface area contributed by atoms with E-state index in [9.17, 15) is 13.2 Å². The van der Waals surface area contributed by atoms with Crippen molar-refractivity contribution in [2.24, 2.45) is 0 Å². The third kappa shape index (κ3) is 3.32. The van der Waals surface area contributed by atoms with Crippen molar-refractivity contribution in [1.29, 1.82) is 0 Å². The summed E-state index contributed by atoms with van der Waals surface area (Å²) in [6.07, 6.45) is 0. The number of amides is 1. The van der Waals surface area contributed by atoms with Crippen LogP contribution in [0.2, 0.25) is 0 Å². The first-order valence-corrected chi connectivity index (χ1v) is 11.4. The molecule has 0 aliphatic carbocycles. The fourth-order valence-corrected chi connectivity index (χ4v) is 5.45. The number of thiazole rings is 1. The number of nitrogens with zero attached hydrogens (tertiary/aromatic N) is 2. The standard InChI is InChI=1S/C21H21N3O3S2/c1-13-5-8-15(9-6-13)29(26,27)23-20-22-17(12-28-20)14-7-10-18-16(11-14)21(2,3)19(25)24(18)4/h5-12H,1-4H3,(H,22,23). The second kappa shape index (κ2) is 6.67. The van der Waals surface area contributed by atoms with Gasteiger partial charge in [-0.05, 0) is 50.6 Å². The Labute approximate surface area is 174 Å². The van der Waals surface area contributed by atoms with Crippen molar-refractivity contribution in [2.75, 3.05) is 16.7 Å². The van der Waals surface area contributed by atoms with Crippen LogP contribution in [0.15, 0.2) is 52.7 Å². The Morgan fingerprint density at radius 2 is 1.79 bits per heavy atom. The number of sulfonamides is 1. The highest BCUT2D eigenvalue weighted by atomic mass is 32.2. The normalized spacial score (nSPS) is 15.4. The topological polar surface area (TPSA) is 79.4 Å². The van der Waals surface area contributed by atoms with Crippen molar-refractivity contribution >= 4 is 38.1 Å². The van der Waals surface area contributed by atoms with Crippen molar-refractivity contribution in [3.63, 3.8) is 0 Å². The molecule has 6 nitrogen and oxygen atoms in total. The minimum absolute atomic E-state index is 0.0504. The van der Waals surface area contributed by atoms with Crippen molar-refractivity contribution in [1.82, 2.24) is 4.98 Å². The third-order valence-electron chi connectivity index (χ3n) is 5.22. The van der Waals surface area contributed by atoms with E-state index in [2.05, 4.69) is 9.71 Å². The predicted molar refractivity (Wildman–Crippen MR) is 116 cm³/mol. The average Bonchev–Trinajstić information content (AvgIpc) is 3.20. The zero-order valence-electron chi connectivity index (χ0n) is 16.6. The number of likely N-dealkylation sites (N-methyl/N-ethyl adjacent to an activating group) is 1. The summed E-state index contributed by atoms with van der Waals surface area (Å²) in [7, 11) is -1.92. The molecule has 0 spiro atoms. The molecular formula is C21H21N3O3S2. The van der Waals surface area contributed by atoms with Crippen LogP contribution < -0.4 is 9.62 Å². The maximum atomic E-state index is 12.6. The van der Waals surface area contributed by atoms with Gasteiger partial charge < -0.3 is 4.90 Å². The summed E-state index contributed by atoms with van der Waals surface area (Å²) in [5.41, 5.74) is 3.72. The largest absolute Gasteiger partial charge is 0.314 e. The molecule has 150 valence electrons. The van der Waals surface area contributed by atoms with Crippen LogP contribution in [0.4, 0.5) is 10.8 Å². The fraction of sp³-hybridized carbons (Fsp3) is 0.238. The molecule has 1 aromatic heterocycles. The number of aromatic nitrogens is 1. The molecule has 1 aliphatic heterocycles. The minimum atomic E-state index is -3.70. The lowest BCUT2D eigenvalue weighted by atomic mass is 9.85. The van der Waals surface area contributed by atoms with Gasteiger partial charge in [0, 0.05) is 23.7 Å². The van der Waals surface area contributed by atoms with Gasteiger partial charge in [-0.2, -0.15) is 0 Å². The Hall–Kier alpha value is -2.71. The van der Waals surface area contributed by atoms with Gasteiger partial charge in [0.05, 0.1) is 16.0 Å². The van der Waals surface area contributed by atoms with Crippen molar-refractivity contribution in [2.45, 2.75) is 31.1 Å². The number of nitrogens with one attached hydrogen (secondary N) is 1. The van der Waals surface area contributed by atoms with E-state index in [1.165, 1.54) is 11.3 Å². The number of carbonyl (C=O) groups is 1. The van der Waals surface area contributed by atoms with Gasteiger partial charge in [0.15, 0.2) is 5.13 Å². The molecule has 29 heavy (non-hydrogen) atoms. The zero-order chi connectivity index (χ0) is 21.0. The van der Waals surface area contributed by atoms with Gasteiger partial charge in [0.1, 0.15) is 0 Å². The van der Waals surface area contributed by atoms with Crippen LogP contribution in [-0.4, -0.2) is 26.4 Å². The summed E-state index contributed by atoms with van der Waals surface area (Å²) in [6.45, 7) is 5.72. The zero-order valence-corrected chi connectivity index (χ0v) is 18.2. The van der Waals surface area contributed by atoms with E-state index in [0.29, 0.717) is 10.8 Å². The molecule has 3 aromatic rings. The molecule has 0 saturated carbocycles. The Balaban J connectivity index is 1.63. The second-order valence-corrected chi connectivity index (χ2v) is 10.2. The summed E-state index contributed by atoms with van der Waals surface area (Å²) < 4.78 is 27.7. The maximum Gasteiger partial charge on any atom is 0.263 e. The smallest absolute Gasteiger partial charge is 0.263 e. The molecule has 2 heterocycles. The third-order valence-corrected chi connectivity index (χ3v) is 7.47. The molecule has 2 aromatic carbocycles. The molecule has 1 amide bonds. The van der Waals surface area contributed by atoms with Crippen molar-refractivity contribution in [3.8, 4) is 11.3 Å². The highest BCUT2D eigenvalue weighted by molar-refractivity contribution is 7.93. The van der Waals surface area contributed by atoms with Gasteiger partial charge in [0.25, 0.3) is 10.0 Å². The van der Waals surface area contributed by atoms with Crippen LogP contribution in [0.25, 0.3) is 11.3 Å². The number of carbonyl (C=O) groups excluding carboxylic acids is 1. The van der Waals surface area contributed by atoms with E-state index in [0.717, 1.165) is 22.4 Å². The molecule has 0 radical (unpaired) electrons. The molecule has 0 atom stereocenters. The maximum absolute atomic E-state index is 12.6. The molecular weight excluding hydrogens is 406 g/mol. The summed E-state index contributed by atoms with van der Waals surface area (Å²) in [4.78, 5) is 18.8. The number of hydrogen-bond acceptors (Lipinski definition) is 5. The Morgan fingerprint density at radius 1 is 1.10 bits per heavy atom. The van der Waals surface area contributed by atoms with Crippen LogP contribution in [-0.2, 0) is 20.2 Å². The van der Waals surface area contributed by atoms with E-state index >= 15 is 0 Å². The van der Waals surface area contributed by atoms with Crippen LogP contribution >= 0.6 is 11.3 Å². The van der Waals surface area contributed by atoms with Crippen LogP contribution in [0.3, 0.4) is 0 Å². The van der Waals surface area contributed by atoms with E-state index < -0.39 is 15.4 Å². The quantitative estimate of drug-likeness (QED) is 0.678. The molecule has 1 N–H and O–H groups in total. The monoisotopic (exact) mass is 427 g/mol. The van der Waals surface area contributed by atoms with Gasteiger partial charge >= 0.3 is 0 Å². The van der Waals surface area contributed by atoms with E-state index in [1.54, 1.807) is 36.2 Å². The number of aryl methyl sites for hydroxylation is 1. The van der Waals surface area contributed by atoms with Crippen molar-refractivity contribution < 1.29 is 13.2 Å². The lowest BCUT2D eigenvalue weighted by Gasteiger charge is -2.16. The SMILES string of the molecule is Cc1ccc(S(=O)(=O)Nc2nc(-c3ccc4c(c3)C(C)(C)C(=O)N4C)cs2)cc1. The number of anilines is 2. The molecule has 0 saturated heterocycles. The average molecular weight is 428 g/mol. The first kappa shape index (κ1) is 19.6. The molecule has 8 heteroatoms. The van der Waals surface area contributed by atoms with Gasteiger partial charge in [-0.25, -0.2) is 13.4 Å². The Bertz CT molecular complexity index is 1210. The van der Waals surface area contributed by atoms with Crippen LogP contribution in [0.1, 0.15) is 25.0 Å². The molecule has 1 aliphatic rings. The van der Waals surface area contributed by atoms with Crippen LogP contribution in [0.5, 0.6) is 0 Å². The predicted octanol–water partition coefficient (Wildman–Crippen LogP) is 4.17. The lowest BCUT2D eigenvalue weighted by molar-refractivity contribution is -0.121. The summed E-state index contributed by atoms with van der Waals surface area (Å²) >= 11 is 1.22. The highest BCUT2D eigenvalue weighted by Crippen LogP contribution is 2.42. The molecule has 0 bridgehead atoms. The molecule has 0 fully saturated rings. The highest BCUT2D eigenvalue weighted by Gasteiger charge is 2.42. The van der Waals surface area contributed by atoms with Gasteiger partial charge in [-0.1, -0.05) is 23.8 Å². The van der Waals surface area contributed by atoms with E-state index in [4.69, 9.17) is 0 Å². The first-order valence-electron chi connectivity index (χ1n) is 9.08. The number of rotatable bonds is 4. The van der Waals surface area contributed by atoms with E-state index in [-0.39, 0.29) is 10.8 Å². The van der Waals surface area contributed by atoms with Gasteiger partial charge in [-0.3, -0.25) is 9.52 Å². The number of hydrogen-bond donors (Lipinski definition) is 1. The first-order chi connectivity index (χ1) is 13.6. The van der Waals surface area contributed by atoms with Crippen LogP contribution in [0, 0.1) is 6.92 Å². The minimum Gasteiger partial charge on any atom is -0.314 e. The molecule has 0 unspecified atom stereocenters. The number of fused-ring (bicyclic) bond motifs is 1.